The zero-order valence-electron chi connectivity index (χ0n) is 16.0. The van der Waals surface area contributed by atoms with E-state index < -0.39 is 5.82 Å². The van der Waals surface area contributed by atoms with Crippen molar-refractivity contribution in [2.45, 2.75) is 33.1 Å². The van der Waals surface area contributed by atoms with Crippen molar-refractivity contribution in [3.05, 3.63) is 40.2 Å². The standard InChI is InChI=1S/C21H23ClFNO3/c1-5-7-12-8-16(26-3)19(17(9-12)27-4)13-10-15(22)20(23)21-14(13)11-18(25)24(21)6-2/h8-10H,5-7,11H2,1-4H3. The Hall–Kier alpha value is -2.27. The monoisotopic (exact) mass is 391 g/mol. The number of hydrogen-bond donors (Lipinski definition) is 0. The van der Waals surface area contributed by atoms with E-state index in [9.17, 15) is 9.18 Å². The predicted octanol–water partition coefficient (Wildman–Crippen LogP) is 5.02. The molecule has 3 rings (SSSR count). The number of likely N-dealkylation sites (N-methyl/N-ethyl adjacent to an activating group) is 1. The van der Waals surface area contributed by atoms with Crippen molar-refractivity contribution >= 4 is 23.2 Å². The van der Waals surface area contributed by atoms with Crippen LogP contribution in [0.5, 0.6) is 11.5 Å². The fourth-order valence-electron chi connectivity index (χ4n) is 3.70. The second-order valence-electron chi connectivity index (χ2n) is 6.49. The maximum Gasteiger partial charge on any atom is 0.231 e. The largest absolute Gasteiger partial charge is 0.496 e. The van der Waals surface area contributed by atoms with Crippen LogP contribution in [0, 0.1) is 5.82 Å². The SMILES string of the molecule is CCCc1cc(OC)c(-c2cc(Cl)c(F)c3c2CC(=O)N3CC)c(OC)c1. The lowest BCUT2D eigenvalue weighted by Crippen LogP contribution is -2.26. The summed E-state index contributed by atoms with van der Waals surface area (Å²) in [7, 11) is 3.17. The number of anilines is 1. The Morgan fingerprint density at radius 3 is 2.30 bits per heavy atom. The quantitative estimate of drug-likeness (QED) is 0.693. The molecule has 1 heterocycles. The van der Waals surface area contributed by atoms with Crippen LogP contribution in [-0.2, 0) is 17.6 Å². The van der Waals surface area contributed by atoms with E-state index in [4.69, 9.17) is 21.1 Å². The van der Waals surface area contributed by atoms with Crippen molar-refractivity contribution in [3.8, 4) is 22.6 Å². The van der Waals surface area contributed by atoms with Gasteiger partial charge in [0.1, 0.15) is 11.5 Å². The van der Waals surface area contributed by atoms with Gasteiger partial charge in [-0.1, -0.05) is 24.9 Å². The first kappa shape index (κ1) is 19.5. The number of halogens is 2. The lowest BCUT2D eigenvalue weighted by Gasteiger charge is -2.20. The fraction of sp³-hybridized carbons (Fsp3) is 0.381. The topological polar surface area (TPSA) is 38.8 Å². The molecule has 0 saturated carbocycles. The smallest absolute Gasteiger partial charge is 0.231 e. The number of methoxy groups -OCH3 is 2. The van der Waals surface area contributed by atoms with Gasteiger partial charge in [0.15, 0.2) is 5.82 Å². The normalized spacial score (nSPS) is 13.1. The molecular formula is C21H23ClFNO3. The van der Waals surface area contributed by atoms with E-state index in [-0.39, 0.29) is 23.0 Å². The Morgan fingerprint density at radius 1 is 1.15 bits per heavy atom. The number of nitrogens with zero attached hydrogens (tertiary/aromatic N) is 1. The minimum atomic E-state index is -0.566. The van der Waals surface area contributed by atoms with Gasteiger partial charge in [0, 0.05) is 6.54 Å². The van der Waals surface area contributed by atoms with Crippen LogP contribution in [0.15, 0.2) is 18.2 Å². The lowest BCUT2D eigenvalue weighted by molar-refractivity contribution is -0.117. The molecule has 0 spiro atoms. The van der Waals surface area contributed by atoms with Crippen LogP contribution in [0.25, 0.3) is 11.1 Å². The Morgan fingerprint density at radius 2 is 1.78 bits per heavy atom. The number of ether oxygens (including phenoxy) is 2. The molecule has 1 aliphatic heterocycles. The van der Waals surface area contributed by atoms with E-state index in [0.29, 0.717) is 34.7 Å². The Kier molecular flexibility index (Phi) is 5.61. The van der Waals surface area contributed by atoms with E-state index in [1.807, 2.05) is 19.1 Å². The molecule has 0 radical (unpaired) electrons. The second kappa shape index (κ2) is 7.77. The van der Waals surface area contributed by atoms with Crippen LogP contribution in [0.3, 0.4) is 0 Å². The summed E-state index contributed by atoms with van der Waals surface area (Å²) in [5.74, 6) is 0.522. The molecule has 2 aromatic carbocycles. The van der Waals surface area contributed by atoms with Crippen LogP contribution in [-0.4, -0.2) is 26.7 Å². The molecule has 0 atom stereocenters. The van der Waals surface area contributed by atoms with E-state index in [0.717, 1.165) is 18.4 Å². The molecule has 0 fully saturated rings. The number of carbonyl (C=O) groups is 1. The van der Waals surface area contributed by atoms with E-state index >= 15 is 0 Å². The highest BCUT2D eigenvalue weighted by Crippen LogP contribution is 2.48. The average Bonchev–Trinajstić information content (AvgIpc) is 3.00. The summed E-state index contributed by atoms with van der Waals surface area (Å²) in [5, 5.41) is -0.0290. The van der Waals surface area contributed by atoms with E-state index in [2.05, 4.69) is 6.92 Å². The predicted molar refractivity (Wildman–Crippen MR) is 106 cm³/mol. The molecule has 1 aliphatic rings. The molecule has 6 heteroatoms. The van der Waals surface area contributed by atoms with Crippen molar-refractivity contribution in [1.82, 2.24) is 0 Å². The number of benzene rings is 2. The maximum atomic E-state index is 14.8. The van der Waals surface area contributed by atoms with Crippen molar-refractivity contribution in [1.29, 1.82) is 0 Å². The molecule has 1 amide bonds. The number of fused-ring (bicyclic) bond motifs is 1. The molecular weight excluding hydrogens is 369 g/mol. The van der Waals surface area contributed by atoms with Gasteiger partial charge in [0.05, 0.1) is 36.9 Å². The van der Waals surface area contributed by atoms with Crippen molar-refractivity contribution in [2.75, 3.05) is 25.7 Å². The summed E-state index contributed by atoms with van der Waals surface area (Å²) in [5.41, 5.74) is 3.31. The third kappa shape index (κ3) is 3.25. The van der Waals surface area contributed by atoms with Crippen molar-refractivity contribution in [3.63, 3.8) is 0 Å². The number of hydrogen-bond acceptors (Lipinski definition) is 3. The van der Waals surface area contributed by atoms with E-state index in [1.165, 1.54) is 4.90 Å². The fourth-order valence-corrected chi connectivity index (χ4v) is 3.90. The molecule has 4 nitrogen and oxygen atoms in total. The van der Waals surface area contributed by atoms with Gasteiger partial charge in [-0.2, -0.15) is 0 Å². The number of rotatable bonds is 6. The molecule has 2 aromatic rings. The molecule has 0 aliphatic carbocycles. The van der Waals surface area contributed by atoms with Crippen molar-refractivity contribution in [2.24, 2.45) is 0 Å². The van der Waals surface area contributed by atoms with Crippen LogP contribution in [0.4, 0.5) is 10.1 Å². The first-order valence-electron chi connectivity index (χ1n) is 9.03. The average molecular weight is 392 g/mol. The van der Waals surface area contributed by atoms with Gasteiger partial charge in [-0.3, -0.25) is 4.79 Å². The Labute approximate surface area is 163 Å². The van der Waals surface area contributed by atoms with Gasteiger partial charge in [0.25, 0.3) is 0 Å². The highest BCUT2D eigenvalue weighted by atomic mass is 35.5. The third-order valence-electron chi connectivity index (χ3n) is 4.89. The molecule has 0 aromatic heterocycles. The maximum absolute atomic E-state index is 14.8. The molecule has 0 saturated heterocycles. The number of carbonyl (C=O) groups excluding carboxylic acids is 1. The van der Waals surface area contributed by atoms with Gasteiger partial charge >= 0.3 is 0 Å². The highest BCUT2D eigenvalue weighted by Gasteiger charge is 2.34. The molecule has 0 N–H and O–H groups in total. The molecule has 0 unspecified atom stereocenters. The number of aryl methyl sites for hydroxylation is 1. The summed E-state index contributed by atoms with van der Waals surface area (Å²) in [6, 6.07) is 5.47. The van der Waals surface area contributed by atoms with Gasteiger partial charge in [0.2, 0.25) is 5.91 Å². The van der Waals surface area contributed by atoms with Crippen molar-refractivity contribution < 1.29 is 18.7 Å². The summed E-state index contributed by atoms with van der Waals surface area (Å²) >= 11 is 6.19. The van der Waals surface area contributed by atoms with Gasteiger partial charge in [-0.05, 0) is 48.2 Å². The molecule has 0 bridgehead atoms. The number of amides is 1. The zero-order chi connectivity index (χ0) is 19.7. The first-order valence-corrected chi connectivity index (χ1v) is 9.41. The molecule has 27 heavy (non-hydrogen) atoms. The minimum Gasteiger partial charge on any atom is -0.496 e. The third-order valence-corrected chi connectivity index (χ3v) is 5.16. The Balaban J connectivity index is 2.31. The van der Waals surface area contributed by atoms with Crippen LogP contribution < -0.4 is 14.4 Å². The van der Waals surface area contributed by atoms with Crippen LogP contribution >= 0.6 is 11.6 Å². The lowest BCUT2D eigenvalue weighted by atomic mass is 9.94. The highest BCUT2D eigenvalue weighted by molar-refractivity contribution is 6.31. The summed E-state index contributed by atoms with van der Waals surface area (Å²) in [4.78, 5) is 13.8. The molecule has 144 valence electrons. The zero-order valence-corrected chi connectivity index (χ0v) is 16.7. The van der Waals surface area contributed by atoms with Gasteiger partial charge < -0.3 is 14.4 Å². The minimum absolute atomic E-state index is 0.0290. The first-order chi connectivity index (χ1) is 13.0. The Bertz CT molecular complexity index is 872. The summed E-state index contributed by atoms with van der Waals surface area (Å²) in [6.45, 7) is 4.30. The van der Waals surface area contributed by atoms with Crippen LogP contribution in [0.1, 0.15) is 31.4 Å². The van der Waals surface area contributed by atoms with Crippen LogP contribution in [0.2, 0.25) is 5.02 Å². The van der Waals surface area contributed by atoms with Gasteiger partial charge in [-0.25, -0.2) is 4.39 Å². The summed E-state index contributed by atoms with van der Waals surface area (Å²) in [6.07, 6.45) is 2.00. The van der Waals surface area contributed by atoms with E-state index in [1.54, 1.807) is 20.3 Å². The van der Waals surface area contributed by atoms with Gasteiger partial charge in [-0.15, -0.1) is 0 Å². The second-order valence-corrected chi connectivity index (χ2v) is 6.89. The summed E-state index contributed by atoms with van der Waals surface area (Å²) < 4.78 is 26.0.